The number of anilines is 1. The second-order valence-corrected chi connectivity index (χ2v) is 7.99. The van der Waals surface area contributed by atoms with E-state index < -0.39 is 10.0 Å². The maximum absolute atomic E-state index is 12.3. The fourth-order valence-electron chi connectivity index (χ4n) is 1.58. The van der Waals surface area contributed by atoms with E-state index in [0.29, 0.717) is 17.1 Å². The number of sulfonamides is 1. The SMILES string of the molecule is CC(C)NCc1ccc(S(=O)(=O)Nc2nncs2)c(Br)c1. The Morgan fingerprint density at radius 2 is 2.14 bits per heavy atom. The van der Waals surface area contributed by atoms with Gasteiger partial charge >= 0.3 is 0 Å². The van der Waals surface area contributed by atoms with Crippen LogP contribution in [0.2, 0.25) is 0 Å². The fourth-order valence-corrected chi connectivity index (χ4v) is 4.40. The normalized spacial score (nSPS) is 11.8. The summed E-state index contributed by atoms with van der Waals surface area (Å²) in [6, 6.07) is 5.52. The van der Waals surface area contributed by atoms with Gasteiger partial charge in [0.05, 0.1) is 0 Å². The highest BCUT2D eigenvalue weighted by molar-refractivity contribution is 9.10. The first kappa shape index (κ1) is 16.3. The topological polar surface area (TPSA) is 84.0 Å². The smallest absolute Gasteiger partial charge is 0.264 e. The summed E-state index contributed by atoms with van der Waals surface area (Å²) < 4.78 is 27.5. The average Bonchev–Trinajstić information content (AvgIpc) is 2.88. The van der Waals surface area contributed by atoms with Crippen molar-refractivity contribution in [2.24, 2.45) is 0 Å². The first-order valence-corrected chi connectivity index (χ1v) is 9.35. The highest BCUT2D eigenvalue weighted by Crippen LogP contribution is 2.25. The molecule has 0 amide bonds. The summed E-state index contributed by atoms with van der Waals surface area (Å²) in [4.78, 5) is 0.172. The summed E-state index contributed by atoms with van der Waals surface area (Å²) in [5.74, 6) is 0. The molecule has 1 heterocycles. The highest BCUT2D eigenvalue weighted by Gasteiger charge is 2.19. The van der Waals surface area contributed by atoms with Gasteiger partial charge in [-0.1, -0.05) is 31.3 Å². The number of nitrogens with zero attached hydrogens (tertiary/aromatic N) is 2. The number of hydrogen-bond acceptors (Lipinski definition) is 6. The predicted molar refractivity (Wildman–Crippen MR) is 86.8 cm³/mol. The average molecular weight is 391 g/mol. The minimum absolute atomic E-state index is 0.172. The molecule has 0 saturated heterocycles. The van der Waals surface area contributed by atoms with E-state index in [0.717, 1.165) is 16.9 Å². The van der Waals surface area contributed by atoms with Crippen molar-refractivity contribution in [2.45, 2.75) is 31.3 Å². The molecule has 0 unspecified atom stereocenters. The van der Waals surface area contributed by atoms with Crippen molar-refractivity contribution in [1.29, 1.82) is 0 Å². The van der Waals surface area contributed by atoms with Crippen LogP contribution < -0.4 is 10.0 Å². The summed E-state index contributed by atoms with van der Waals surface area (Å²) >= 11 is 4.44. The second-order valence-electron chi connectivity index (χ2n) is 4.65. The van der Waals surface area contributed by atoms with Crippen LogP contribution in [0.5, 0.6) is 0 Å². The van der Waals surface area contributed by atoms with Crippen LogP contribution >= 0.6 is 27.3 Å². The van der Waals surface area contributed by atoms with Gasteiger partial charge in [0.2, 0.25) is 5.13 Å². The molecule has 2 rings (SSSR count). The molecule has 0 spiro atoms. The summed E-state index contributed by atoms with van der Waals surface area (Å²) in [5.41, 5.74) is 2.47. The fraction of sp³-hybridized carbons (Fsp3) is 0.333. The molecule has 2 N–H and O–H groups in total. The van der Waals surface area contributed by atoms with Crippen LogP contribution in [0.4, 0.5) is 5.13 Å². The van der Waals surface area contributed by atoms with E-state index in [1.165, 1.54) is 5.51 Å². The van der Waals surface area contributed by atoms with Crippen LogP contribution in [-0.2, 0) is 16.6 Å². The summed E-state index contributed by atoms with van der Waals surface area (Å²) in [7, 11) is -3.67. The molecule has 114 valence electrons. The number of aromatic nitrogens is 2. The molecule has 0 fully saturated rings. The van der Waals surface area contributed by atoms with E-state index in [1.54, 1.807) is 18.2 Å². The van der Waals surface area contributed by atoms with Crippen molar-refractivity contribution in [1.82, 2.24) is 15.5 Å². The number of rotatable bonds is 6. The molecule has 0 aliphatic carbocycles. The lowest BCUT2D eigenvalue weighted by Gasteiger charge is -2.11. The van der Waals surface area contributed by atoms with E-state index in [1.807, 2.05) is 0 Å². The summed E-state index contributed by atoms with van der Waals surface area (Å²) in [6.45, 7) is 4.79. The van der Waals surface area contributed by atoms with E-state index in [-0.39, 0.29) is 10.0 Å². The second kappa shape index (κ2) is 6.82. The third kappa shape index (κ3) is 4.47. The van der Waals surface area contributed by atoms with Gasteiger partial charge in [-0.25, -0.2) is 8.42 Å². The van der Waals surface area contributed by atoms with Gasteiger partial charge in [-0.3, -0.25) is 4.72 Å². The lowest BCUT2D eigenvalue weighted by Crippen LogP contribution is -2.22. The first-order chi connectivity index (χ1) is 9.88. The van der Waals surface area contributed by atoms with Crippen LogP contribution in [0.15, 0.2) is 33.1 Å². The Morgan fingerprint density at radius 3 is 2.71 bits per heavy atom. The quantitative estimate of drug-likeness (QED) is 0.791. The molecule has 0 aliphatic heterocycles. The standard InChI is InChI=1S/C12H15BrN4O2S2/c1-8(2)14-6-9-3-4-11(10(13)5-9)21(18,19)17-12-16-15-7-20-12/h3-5,7-8,14H,6H2,1-2H3,(H,16,17). The molecule has 1 aromatic heterocycles. The van der Waals surface area contributed by atoms with Crippen LogP contribution in [0.25, 0.3) is 0 Å². The Morgan fingerprint density at radius 1 is 1.38 bits per heavy atom. The number of hydrogen-bond donors (Lipinski definition) is 2. The maximum Gasteiger partial charge on any atom is 0.264 e. The van der Waals surface area contributed by atoms with Crippen molar-refractivity contribution in [3.05, 3.63) is 33.7 Å². The molecule has 9 heteroatoms. The van der Waals surface area contributed by atoms with Crippen molar-refractivity contribution < 1.29 is 8.42 Å². The molecule has 0 saturated carbocycles. The molecule has 0 bridgehead atoms. The third-order valence-corrected chi connectivity index (χ3v) is 5.63. The maximum atomic E-state index is 12.3. The largest absolute Gasteiger partial charge is 0.310 e. The van der Waals surface area contributed by atoms with E-state index in [2.05, 4.69) is 50.0 Å². The number of nitrogens with one attached hydrogen (secondary N) is 2. The van der Waals surface area contributed by atoms with E-state index >= 15 is 0 Å². The minimum Gasteiger partial charge on any atom is -0.310 e. The van der Waals surface area contributed by atoms with Crippen LogP contribution in [-0.4, -0.2) is 24.7 Å². The van der Waals surface area contributed by atoms with Crippen LogP contribution in [0.3, 0.4) is 0 Å². The van der Waals surface area contributed by atoms with E-state index in [4.69, 9.17) is 0 Å². The minimum atomic E-state index is -3.67. The Kier molecular flexibility index (Phi) is 5.31. The zero-order valence-corrected chi connectivity index (χ0v) is 14.7. The van der Waals surface area contributed by atoms with Gasteiger partial charge < -0.3 is 5.32 Å². The van der Waals surface area contributed by atoms with Gasteiger partial charge in [0, 0.05) is 17.1 Å². The zero-order valence-electron chi connectivity index (χ0n) is 11.5. The molecule has 0 atom stereocenters. The number of halogens is 1. The molecular weight excluding hydrogens is 376 g/mol. The van der Waals surface area contributed by atoms with Gasteiger partial charge in [-0.15, -0.1) is 10.2 Å². The third-order valence-electron chi connectivity index (χ3n) is 2.58. The first-order valence-electron chi connectivity index (χ1n) is 6.19. The van der Waals surface area contributed by atoms with Gasteiger partial charge in [0.15, 0.2) is 0 Å². The number of benzene rings is 1. The van der Waals surface area contributed by atoms with Crippen molar-refractivity contribution in [2.75, 3.05) is 4.72 Å². The molecule has 2 aromatic rings. The molecular formula is C12H15BrN4O2S2. The Bertz CT molecular complexity index is 702. The van der Waals surface area contributed by atoms with Crippen molar-refractivity contribution in [3.63, 3.8) is 0 Å². The van der Waals surface area contributed by atoms with Crippen LogP contribution in [0.1, 0.15) is 19.4 Å². The highest BCUT2D eigenvalue weighted by atomic mass is 79.9. The van der Waals surface area contributed by atoms with E-state index in [9.17, 15) is 8.42 Å². The van der Waals surface area contributed by atoms with Crippen LogP contribution in [0, 0.1) is 0 Å². The monoisotopic (exact) mass is 390 g/mol. The Hall–Kier alpha value is -1.03. The summed E-state index contributed by atoms with van der Waals surface area (Å²) in [6.07, 6.45) is 0. The van der Waals surface area contributed by atoms with Gasteiger partial charge in [-0.05, 0) is 33.6 Å². The lowest BCUT2D eigenvalue weighted by atomic mass is 10.2. The lowest BCUT2D eigenvalue weighted by molar-refractivity contribution is 0.587. The molecule has 0 radical (unpaired) electrons. The summed E-state index contributed by atoms with van der Waals surface area (Å²) in [5, 5.41) is 10.8. The van der Waals surface area contributed by atoms with Crippen molar-refractivity contribution in [3.8, 4) is 0 Å². The molecule has 1 aromatic carbocycles. The Labute approximate surface area is 136 Å². The zero-order chi connectivity index (χ0) is 15.5. The molecule has 6 nitrogen and oxygen atoms in total. The van der Waals surface area contributed by atoms with Gasteiger partial charge in [-0.2, -0.15) is 0 Å². The van der Waals surface area contributed by atoms with Gasteiger partial charge in [0.1, 0.15) is 10.4 Å². The Balaban J connectivity index is 2.20. The molecule has 21 heavy (non-hydrogen) atoms. The van der Waals surface area contributed by atoms with Gasteiger partial charge in [0.25, 0.3) is 10.0 Å². The molecule has 0 aliphatic rings. The van der Waals surface area contributed by atoms with Crippen molar-refractivity contribution >= 4 is 42.4 Å². The predicted octanol–water partition coefficient (Wildman–Crippen LogP) is 2.60.